The first-order valence-corrected chi connectivity index (χ1v) is 7.09. The van der Waals surface area contributed by atoms with Gasteiger partial charge in [-0.3, -0.25) is 9.59 Å². The first kappa shape index (κ1) is 17.7. The Hall–Kier alpha value is -2.36. The number of aliphatic hydroxyl groups is 2. The van der Waals surface area contributed by atoms with Crippen LogP contribution in [0, 0.1) is 0 Å². The van der Waals surface area contributed by atoms with Crippen molar-refractivity contribution in [3.8, 4) is 0 Å². The molecule has 0 aliphatic heterocycles. The molecule has 0 saturated carbocycles. The van der Waals surface area contributed by atoms with E-state index in [2.05, 4.69) is 0 Å². The van der Waals surface area contributed by atoms with Crippen LogP contribution in [-0.4, -0.2) is 21.8 Å². The van der Waals surface area contributed by atoms with E-state index in [9.17, 15) is 19.8 Å². The van der Waals surface area contributed by atoms with E-state index in [4.69, 9.17) is 0 Å². The van der Waals surface area contributed by atoms with Gasteiger partial charge in [-0.25, -0.2) is 0 Å². The Morgan fingerprint density at radius 2 is 1.18 bits per heavy atom. The van der Waals surface area contributed by atoms with E-state index in [1.54, 1.807) is 0 Å². The van der Waals surface area contributed by atoms with Crippen molar-refractivity contribution in [2.75, 3.05) is 0 Å². The number of rotatable bonds is 6. The van der Waals surface area contributed by atoms with Gasteiger partial charge in [0.15, 0.2) is 11.6 Å². The Morgan fingerprint density at radius 3 is 1.45 bits per heavy atom. The van der Waals surface area contributed by atoms with Crippen molar-refractivity contribution in [1.82, 2.24) is 0 Å². The lowest BCUT2D eigenvalue weighted by molar-refractivity contribution is -0.114. The van der Waals surface area contributed by atoms with Crippen LogP contribution in [0.15, 0.2) is 46.9 Å². The maximum atomic E-state index is 11.5. The summed E-state index contributed by atoms with van der Waals surface area (Å²) in [5.41, 5.74) is 2.49. The molecular formula is C18H22O4. The third-order valence-corrected chi connectivity index (χ3v) is 3.48. The number of Topliss-reactive ketones (excluding diaryl/α,β-unsaturated/α-hetero) is 2. The van der Waals surface area contributed by atoms with Crippen molar-refractivity contribution in [2.45, 2.75) is 40.5 Å². The van der Waals surface area contributed by atoms with Gasteiger partial charge in [-0.05, 0) is 38.8 Å². The number of carbonyl (C=O) groups is 2. The van der Waals surface area contributed by atoms with Crippen molar-refractivity contribution in [1.29, 1.82) is 0 Å². The van der Waals surface area contributed by atoms with Gasteiger partial charge in [-0.1, -0.05) is 24.3 Å². The van der Waals surface area contributed by atoms with Crippen molar-refractivity contribution in [3.05, 3.63) is 58.1 Å². The molecule has 1 aromatic rings. The highest BCUT2D eigenvalue weighted by atomic mass is 16.3. The van der Waals surface area contributed by atoms with Crippen molar-refractivity contribution >= 4 is 11.6 Å². The zero-order chi connectivity index (χ0) is 16.9. The summed E-state index contributed by atoms with van der Waals surface area (Å²) in [6.07, 6.45) is 0.672. The minimum atomic E-state index is -0.166. The molecule has 0 heterocycles. The van der Waals surface area contributed by atoms with Crippen LogP contribution in [0.4, 0.5) is 0 Å². The van der Waals surface area contributed by atoms with Crippen LogP contribution in [-0.2, 0) is 22.4 Å². The van der Waals surface area contributed by atoms with Gasteiger partial charge in [0.1, 0.15) is 0 Å². The van der Waals surface area contributed by atoms with Crippen LogP contribution >= 0.6 is 0 Å². The third kappa shape index (κ3) is 4.88. The Labute approximate surface area is 130 Å². The van der Waals surface area contributed by atoms with E-state index in [1.807, 2.05) is 24.3 Å². The molecule has 2 N–H and O–H groups in total. The Bertz CT molecular complexity index is 590. The van der Waals surface area contributed by atoms with Crippen LogP contribution in [0.25, 0.3) is 0 Å². The van der Waals surface area contributed by atoms with Crippen LogP contribution in [0.3, 0.4) is 0 Å². The molecule has 0 bridgehead atoms. The van der Waals surface area contributed by atoms with E-state index in [-0.39, 0.29) is 23.1 Å². The van der Waals surface area contributed by atoms with E-state index < -0.39 is 0 Å². The van der Waals surface area contributed by atoms with Crippen LogP contribution in [0.5, 0.6) is 0 Å². The summed E-state index contributed by atoms with van der Waals surface area (Å²) in [6.45, 7) is 5.83. The van der Waals surface area contributed by atoms with Gasteiger partial charge in [-0.15, -0.1) is 0 Å². The molecule has 0 saturated heterocycles. The predicted molar refractivity (Wildman–Crippen MR) is 85.9 cm³/mol. The normalized spacial score (nSPS) is 13.3. The fraction of sp³-hybridized carbons (Fsp3) is 0.333. The Kier molecular flexibility index (Phi) is 6.11. The number of aliphatic hydroxyl groups excluding tert-OH is 2. The molecule has 0 atom stereocenters. The molecule has 0 aliphatic rings. The molecule has 0 amide bonds. The number of carbonyl (C=O) groups excluding carboxylic acids is 2. The lowest BCUT2D eigenvalue weighted by atomic mass is 9.96. The highest BCUT2D eigenvalue weighted by Crippen LogP contribution is 2.17. The summed E-state index contributed by atoms with van der Waals surface area (Å²) in [7, 11) is 0. The molecular weight excluding hydrogens is 280 g/mol. The number of hydrogen-bond acceptors (Lipinski definition) is 4. The number of benzene rings is 1. The highest BCUT2D eigenvalue weighted by molar-refractivity contribution is 5.94. The standard InChI is InChI=1S/C18H22O4/c1-11(19)17(12(2)20)9-15-6-5-7-16(8-15)10-18(13(3)21)14(4)22/h5-8,19,21H,9-10H2,1-4H3/b17-11-,18-13-. The molecule has 1 rings (SSSR count). The predicted octanol–water partition coefficient (Wildman–Crippen LogP) is 3.61. The fourth-order valence-electron chi connectivity index (χ4n) is 2.27. The maximum absolute atomic E-state index is 11.5. The average molecular weight is 302 g/mol. The summed E-state index contributed by atoms with van der Waals surface area (Å²) in [6, 6.07) is 7.42. The molecule has 0 aromatic heterocycles. The van der Waals surface area contributed by atoms with Gasteiger partial charge in [0.05, 0.1) is 11.5 Å². The number of hydrogen-bond donors (Lipinski definition) is 2. The summed E-state index contributed by atoms with van der Waals surface area (Å²) in [5.74, 6) is -0.288. The van der Waals surface area contributed by atoms with Crippen LogP contribution < -0.4 is 0 Å². The molecule has 4 heteroatoms. The van der Waals surface area contributed by atoms with Crippen molar-refractivity contribution in [3.63, 3.8) is 0 Å². The summed E-state index contributed by atoms with van der Waals surface area (Å²) >= 11 is 0. The van der Waals surface area contributed by atoms with Gasteiger partial charge in [0, 0.05) is 24.0 Å². The molecule has 0 fully saturated rings. The minimum Gasteiger partial charge on any atom is -0.512 e. The third-order valence-electron chi connectivity index (χ3n) is 3.48. The number of allylic oxidation sites excluding steroid dienone is 4. The average Bonchev–Trinajstić information content (AvgIpc) is 2.41. The molecule has 1 aromatic carbocycles. The van der Waals surface area contributed by atoms with E-state index >= 15 is 0 Å². The molecule has 0 unspecified atom stereocenters. The zero-order valence-electron chi connectivity index (χ0n) is 13.4. The van der Waals surface area contributed by atoms with Gasteiger partial charge in [-0.2, -0.15) is 0 Å². The van der Waals surface area contributed by atoms with Crippen molar-refractivity contribution < 1.29 is 19.8 Å². The van der Waals surface area contributed by atoms with Gasteiger partial charge >= 0.3 is 0 Å². The maximum Gasteiger partial charge on any atom is 0.159 e. The monoisotopic (exact) mass is 302 g/mol. The molecule has 0 spiro atoms. The van der Waals surface area contributed by atoms with E-state index in [1.165, 1.54) is 27.7 Å². The van der Waals surface area contributed by atoms with E-state index in [0.29, 0.717) is 24.0 Å². The fourth-order valence-corrected chi connectivity index (χ4v) is 2.27. The second-order valence-electron chi connectivity index (χ2n) is 5.41. The second kappa shape index (κ2) is 7.59. The topological polar surface area (TPSA) is 74.6 Å². The first-order chi connectivity index (χ1) is 10.2. The smallest absolute Gasteiger partial charge is 0.159 e. The van der Waals surface area contributed by atoms with Crippen LogP contribution in [0.2, 0.25) is 0 Å². The minimum absolute atomic E-state index is 0.0217. The summed E-state index contributed by atoms with van der Waals surface area (Å²) in [5, 5.41) is 19.2. The molecule has 22 heavy (non-hydrogen) atoms. The van der Waals surface area contributed by atoms with E-state index in [0.717, 1.165) is 11.1 Å². The zero-order valence-corrected chi connectivity index (χ0v) is 13.4. The van der Waals surface area contributed by atoms with Crippen LogP contribution in [0.1, 0.15) is 38.8 Å². The SMILES string of the molecule is CC(=O)/C(Cc1cccc(C/C(C(C)=O)=C(\C)O)c1)=C(/C)O. The Morgan fingerprint density at radius 1 is 0.818 bits per heavy atom. The number of ketones is 2. The van der Waals surface area contributed by atoms with Crippen molar-refractivity contribution in [2.24, 2.45) is 0 Å². The van der Waals surface area contributed by atoms with Gasteiger partial charge in [0.25, 0.3) is 0 Å². The Balaban J connectivity index is 3.06. The molecule has 0 aliphatic carbocycles. The first-order valence-electron chi connectivity index (χ1n) is 7.09. The molecule has 118 valence electrons. The summed E-state index contributed by atoms with van der Waals surface area (Å²) < 4.78 is 0. The molecule has 4 nitrogen and oxygen atoms in total. The summed E-state index contributed by atoms with van der Waals surface area (Å²) in [4.78, 5) is 23.1. The lowest BCUT2D eigenvalue weighted by Gasteiger charge is -2.09. The highest BCUT2D eigenvalue weighted by Gasteiger charge is 2.12. The largest absolute Gasteiger partial charge is 0.512 e. The quantitative estimate of drug-likeness (QED) is 0.622. The van der Waals surface area contributed by atoms with Gasteiger partial charge in [0.2, 0.25) is 0 Å². The molecule has 0 radical (unpaired) electrons. The lowest BCUT2D eigenvalue weighted by Crippen LogP contribution is -2.06. The van der Waals surface area contributed by atoms with Gasteiger partial charge < -0.3 is 10.2 Å². The second-order valence-corrected chi connectivity index (χ2v) is 5.41.